The second-order valence-electron chi connectivity index (χ2n) is 4.81. The van der Waals surface area contributed by atoms with Crippen LogP contribution in [-0.2, 0) is 0 Å². The fourth-order valence-corrected chi connectivity index (χ4v) is 1.82. The summed E-state index contributed by atoms with van der Waals surface area (Å²) in [5, 5.41) is 0. The summed E-state index contributed by atoms with van der Waals surface area (Å²) < 4.78 is 11.5. The molecule has 1 rings (SSSR count). The van der Waals surface area contributed by atoms with E-state index in [1.54, 1.807) is 0 Å². The number of hydrazine groups is 1. The minimum Gasteiger partial charge on any atom is -0.493 e. The topological polar surface area (TPSA) is 56.5 Å². The molecular formula is C15H26N2O2. The van der Waals surface area contributed by atoms with Gasteiger partial charge in [-0.2, -0.15) is 0 Å². The Balaban J connectivity index is 2.51. The van der Waals surface area contributed by atoms with Crippen LogP contribution in [0.15, 0.2) is 24.3 Å². The molecule has 4 heteroatoms. The normalized spacial score (nSPS) is 12.5. The highest BCUT2D eigenvalue weighted by atomic mass is 16.5. The lowest BCUT2D eigenvalue weighted by molar-refractivity contribution is 0.213. The Kier molecular flexibility index (Phi) is 7.30. The molecule has 1 aromatic carbocycles. The maximum atomic E-state index is 5.81. The molecule has 0 heterocycles. The molecule has 0 aliphatic heterocycles. The molecule has 19 heavy (non-hydrogen) atoms. The number of rotatable bonds is 9. The van der Waals surface area contributed by atoms with Gasteiger partial charge < -0.3 is 9.47 Å². The molecule has 1 atom stereocenters. The molecule has 0 aromatic heterocycles. The van der Waals surface area contributed by atoms with E-state index < -0.39 is 0 Å². The summed E-state index contributed by atoms with van der Waals surface area (Å²) in [6.07, 6.45) is 2.32. The SMILES string of the molecule is CCC(CC)COc1cccc(O[C@@H](C)CNN)c1. The predicted molar refractivity (Wildman–Crippen MR) is 78.3 cm³/mol. The molecule has 0 radical (unpaired) electrons. The fourth-order valence-electron chi connectivity index (χ4n) is 1.82. The summed E-state index contributed by atoms with van der Waals surface area (Å²) in [6, 6.07) is 7.76. The molecule has 0 amide bonds. The van der Waals surface area contributed by atoms with Crippen LogP contribution in [0, 0.1) is 5.92 Å². The monoisotopic (exact) mass is 266 g/mol. The quantitative estimate of drug-likeness (QED) is 0.533. The van der Waals surface area contributed by atoms with E-state index in [9.17, 15) is 0 Å². The lowest BCUT2D eigenvalue weighted by Gasteiger charge is -2.16. The van der Waals surface area contributed by atoms with E-state index in [1.165, 1.54) is 0 Å². The van der Waals surface area contributed by atoms with Crippen molar-refractivity contribution in [1.82, 2.24) is 5.43 Å². The molecule has 0 aliphatic carbocycles. The zero-order chi connectivity index (χ0) is 14.1. The predicted octanol–water partition coefficient (Wildman–Crippen LogP) is 2.73. The van der Waals surface area contributed by atoms with Crippen molar-refractivity contribution in [3.63, 3.8) is 0 Å². The number of nitrogens with one attached hydrogen (secondary N) is 1. The van der Waals surface area contributed by atoms with Crippen molar-refractivity contribution in [2.75, 3.05) is 13.2 Å². The fraction of sp³-hybridized carbons (Fsp3) is 0.600. The van der Waals surface area contributed by atoms with E-state index in [-0.39, 0.29) is 6.10 Å². The third-order valence-corrected chi connectivity index (χ3v) is 3.19. The molecule has 0 bridgehead atoms. The number of hydrogen-bond acceptors (Lipinski definition) is 4. The average Bonchev–Trinajstić information content (AvgIpc) is 2.40. The first-order valence-corrected chi connectivity index (χ1v) is 7.02. The van der Waals surface area contributed by atoms with Crippen molar-refractivity contribution >= 4 is 0 Å². The van der Waals surface area contributed by atoms with Crippen LogP contribution in [0.3, 0.4) is 0 Å². The zero-order valence-corrected chi connectivity index (χ0v) is 12.2. The second-order valence-corrected chi connectivity index (χ2v) is 4.81. The molecule has 4 nitrogen and oxygen atoms in total. The van der Waals surface area contributed by atoms with Crippen LogP contribution >= 0.6 is 0 Å². The number of ether oxygens (including phenoxy) is 2. The molecule has 0 saturated carbocycles. The van der Waals surface area contributed by atoms with Gasteiger partial charge >= 0.3 is 0 Å². The van der Waals surface area contributed by atoms with E-state index in [4.69, 9.17) is 15.3 Å². The van der Waals surface area contributed by atoms with Gasteiger partial charge in [-0.15, -0.1) is 0 Å². The van der Waals surface area contributed by atoms with Crippen LogP contribution in [-0.4, -0.2) is 19.3 Å². The Morgan fingerprint density at radius 1 is 1.21 bits per heavy atom. The molecule has 0 fully saturated rings. The first-order chi connectivity index (χ1) is 9.19. The van der Waals surface area contributed by atoms with Crippen molar-refractivity contribution in [1.29, 1.82) is 0 Å². The molecule has 0 saturated heterocycles. The van der Waals surface area contributed by atoms with E-state index in [0.29, 0.717) is 12.5 Å². The van der Waals surface area contributed by atoms with Gasteiger partial charge in [-0.05, 0) is 25.0 Å². The zero-order valence-electron chi connectivity index (χ0n) is 12.2. The van der Waals surface area contributed by atoms with Crippen LogP contribution in [0.2, 0.25) is 0 Å². The highest BCUT2D eigenvalue weighted by molar-refractivity contribution is 5.33. The Morgan fingerprint density at radius 2 is 1.89 bits per heavy atom. The van der Waals surface area contributed by atoms with E-state index in [0.717, 1.165) is 30.9 Å². The third-order valence-electron chi connectivity index (χ3n) is 3.19. The maximum Gasteiger partial charge on any atom is 0.123 e. The smallest absolute Gasteiger partial charge is 0.123 e. The summed E-state index contributed by atoms with van der Waals surface area (Å²) in [6.45, 7) is 7.73. The molecule has 3 N–H and O–H groups in total. The van der Waals surface area contributed by atoms with Crippen LogP contribution in [0.4, 0.5) is 0 Å². The molecular weight excluding hydrogens is 240 g/mol. The number of hydrogen-bond donors (Lipinski definition) is 2. The van der Waals surface area contributed by atoms with Gasteiger partial charge in [0, 0.05) is 12.6 Å². The van der Waals surface area contributed by atoms with Gasteiger partial charge in [-0.25, -0.2) is 0 Å². The van der Waals surface area contributed by atoms with Crippen LogP contribution in [0.5, 0.6) is 11.5 Å². The Bertz CT molecular complexity index is 354. The van der Waals surface area contributed by atoms with Gasteiger partial charge in [-0.1, -0.05) is 32.8 Å². The third kappa shape index (κ3) is 5.94. The lowest BCUT2D eigenvalue weighted by Crippen LogP contribution is -2.33. The van der Waals surface area contributed by atoms with Crippen molar-refractivity contribution in [2.45, 2.75) is 39.7 Å². The summed E-state index contributed by atoms with van der Waals surface area (Å²) >= 11 is 0. The Morgan fingerprint density at radius 3 is 2.53 bits per heavy atom. The van der Waals surface area contributed by atoms with E-state index >= 15 is 0 Å². The first kappa shape index (κ1) is 15.8. The lowest BCUT2D eigenvalue weighted by atomic mass is 10.1. The van der Waals surface area contributed by atoms with Crippen molar-refractivity contribution in [3.8, 4) is 11.5 Å². The second kappa shape index (κ2) is 8.77. The Labute approximate surface area is 116 Å². The van der Waals surface area contributed by atoms with Crippen LogP contribution in [0.25, 0.3) is 0 Å². The molecule has 1 aromatic rings. The molecule has 0 spiro atoms. The number of nitrogens with two attached hydrogens (primary N) is 1. The summed E-state index contributed by atoms with van der Waals surface area (Å²) in [5.74, 6) is 7.55. The minimum atomic E-state index is 0.0271. The van der Waals surface area contributed by atoms with E-state index in [1.807, 2.05) is 31.2 Å². The molecule has 0 unspecified atom stereocenters. The van der Waals surface area contributed by atoms with Crippen molar-refractivity contribution in [2.24, 2.45) is 11.8 Å². The van der Waals surface area contributed by atoms with Gasteiger partial charge in [0.15, 0.2) is 0 Å². The highest BCUT2D eigenvalue weighted by Gasteiger charge is 2.06. The summed E-state index contributed by atoms with van der Waals surface area (Å²) in [7, 11) is 0. The first-order valence-electron chi connectivity index (χ1n) is 7.02. The average molecular weight is 266 g/mol. The van der Waals surface area contributed by atoms with Gasteiger partial charge in [-0.3, -0.25) is 11.3 Å². The van der Waals surface area contributed by atoms with Gasteiger partial charge in [0.1, 0.15) is 17.6 Å². The standard InChI is InChI=1S/C15H26N2O2/c1-4-13(5-2)11-18-14-7-6-8-15(9-14)19-12(3)10-17-16/h6-9,12-13,17H,4-5,10-11,16H2,1-3H3/t12-/m0/s1. The Hall–Kier alpha value is -1.26. The van der Waals surface area contributed by atoms with Gasteiger partial charge in [0.2, 0.25) is 0 Å². The molecule has 0 aliphatic rings. The highest BCUT2D eigenvalue weighted by Crippen LogP contribution is 2.21. The van der Waals surface area contributed by atoms with Gasteiger partial charge in [0.25, 0.3) is 0 Å². The van der Waals surface area contributed by atoms with Crippen LogP contribution < -0.4 is 20.7 Å². The summed E-state index contributed by atoms with van der Waals surface area (Å²) in [4.78, 5) is 0. The maximum absolute atomic E-state index is 5.81. The van der Waals surface area contributed by atoms with Crippen LogP contribution in [0.1, 0.15) is 33.6 Å². The number of benzene rings is 1. The largest absolute Gasteiger partial charge is 0.493 e. The summed E-state index contributed by atoms with van der Waals surface area (Å²) in [5.41, 5.74) is 2.60. The van der Waals surface area contributed by atoms with Crippen molar-refractivity contribution < 1.29 is 9.47 Å². The van der Waals surface area contributed by atoms with Crippen molar-refractivity contribution in [3.05, 3.63) is 24.3 Å². The van der Waals surface area contributed by atoms with E-state index in [2.05, 4.69) is 19.3 Å². The van der Waals surface area contributed by atoms with Gasteiger partial charge in [0.05, 0.1) is 6.61 Å². The minimum absolute atomic E-state index is 0.0271. The molecule has 108 valence electrons.